The number of carbonyl (C=O) groups is 4. The van der Waals surface area contributed by atoms with Crippen LogP contribution in [0.25, 0.3) is 38.9 Å². The number of aromatic amines is 1. The van der Waals surface area contributed by atoms with Crippen LogP contribution in [0.2, 0.25) is 0 Å². The zero-order valence-corrected chi connectivity index (χ0v) is 36.4. The number of nitrogens with zero attached hydrogens (tertiary/aromatic N) is 4. The first-order valence-corrected chi connectivity index (χ1v) is 22.2. The summed E-state index contributed by atoms with van der Waals surface area (Å²) in [5.74, 6) is -0.512. The number of aromatic nitrogens is 2. The van der Waals surface area contributed by atoms with E-state index in [1.807, 2.05) is 60.0 Å². The van der Waals surface area contributed by atoms with Crippen LogP contribution in [0.3, 0.4) is 0 Å². The quantitative estimate of drug-likeness (QED) is 0.126. The van der Waals surface area contributed by atoms with E-state index >= 15 is 0 Å². The lowest BCUT2D eigenvalue weighted by molar-refractivity contribution is -0.144. The second kappa shape index (κ2) is 17.7. The molecule has 12 heteroatoms. The molecule has 3 aliphatic heterocycles. The average molecular weight is 847 g/mol. The zero-order valence-electron chi connectivity index (χ0n) is 36.4. The van der Waals surface area contributed by atoms with E-state index in [0.29, 0.717) is 13.1 Å². The molecule has 1 aromatic heterocycles. The number of imidazole rings is 1. The standard InChI is InChI=1S/C51H54N6O6/c1-30(2)47(55-51(61)63-4)50(60)57-25-9-13-45(57)48-53-41-23-19-35(27-42(41)54-48)32-16-14-31(15-17-32)34-18-21-37-36(26-34)20-22-40-39(37)28-43(52-40)44-12-8-24-56(44)49(59)38(29-46(58)62-3)33-10-6-5-7-11-33/h5-7,10-11,14-19,21,23,26-27,30,38,44-45,47H,8-9,12-13,20,22,24-25,28-29H2,1-4H3,(H,53,54)(H,55,61)/t38-,44+,45+,47+/m1/s1. The summed E-state index contributed by atoms with van der Waals surface area (Å²) in [6.07, 6.45) is 5.29. The Labute approximate surface area is 367 Å². The number of benzene rings is 4. The maximum absolute atomic E-state index is 14.2. The molecule has 4 atom stereocenters. The summed E-state index contributed by atoms with van der Waals surface area (Å²) in [5, 5.41) is 2.72. The molecule has 1 aliphatic carbocycles. The number of ether oxygens (including phenoxy) is 2. The number of carbonyl (C=O) groups excluding carboxylic acids is 4. The number of hydrogen-bond acceptors (Lipinski definition) is 8. The fraction of sp³-hybridized carbons (Fsp3) is 0.373. The Morgan fingerprint density at radius 1 is 0.778 bits per heavy atom. The van der Waals surface area contributed by atoms with Gasteiger partial charge in [-0.1, -0.05) is 92.7 Å². The first-order valence-electron chi connectivity index (χ1n) is 22.2. The number of rotatable bonds is 11. The normalized spacial score (nSPS) is 19.2. The van der Waals surface area contributed by atoms with Gasteiger partial charge in [0.15, 0.2) is 0 Å². The molecule has 0 unspecified atom stereocenters. The Bertz CT molecular complexity index is 2630. The van der Waals surface area contributed by atoms with Crippen molar-refractivity contribution < 1.29 is 28.7 Å². The minimum absolute atomic E-state index is 0.00925. The third-order valence-electron chi connectivity index (χ3n) is 13.4. The summed E-state index contributed by atoms with van der Waals surface area (Å²) < 4.78 is 9.78. The predicted molar refractivity (Wildman–Crippen MR) is 243 cm³/mol. The molecule has 4 heterocycles. The summed E-state index contributed by atoms with van der Waals surface area (Å²) in [6, 6.07) is 30.2. The highest BCUT2D eigenvalue weighted by Gasteiger charge is 2.40. The molecular formula is C51H54N6O6. The van der Waals surface area contributed by atoms with Crippen LogP contribution < -0.4 is 5.32 Å². The monoisotopic (exact) mass is 846 g/mol. The number of methoxy groups -OCH3 is 2. The smallest absolute Gasteiger partial charge is 0.407 e. The SMILES string of the molecule is COC(=O)C[C@@H](C(=O)N1CCC[C@H]1C1=NC2=C(C1)c1ccc(-c3ccc(-c4ccc5nc([C@@H]6CCCN6C(=O)[C@@H](NC(=O)OC)C(C)C)[nH]c5c4)cc3)cc1CC2)c1ccccc1. The molecule has 0 radical (unpaired) electrons. The summed E-state index contributed by atoms with van der Waals surface area (Å²) in [6.45, 7) is 5.08. The van der Waals surface area contributed by atoms with Gasteiger partial charge in [-0.25, -0.2) is 9.78 Å². The van der Waals surface area contributed by atoms with Crippen LogP contribution in [-0.4, -0.2) is 88.7 Å². The van der Waals surface area contributed by atoms with Crippen LogP contribution in [-0.2, 0) is 30.3 Å². The van der Waals surface area contributed by atoms with Crippen molar-refractivity contribution in [3.05, 3.63) is 119 Å². The second-order valence-corrected chi connectivity index (χ2v) is 17.5. The zero-order chi connectivity index (χ0) is 43.8. The summed E-state index contributed by atoms with van der Waals surface area (Å²) in [7, 11) is 2.66. The largest absolute Gasteiger partial charge is 0.469 e. The highest BCUT2D eigenvalue weighted by atomic mass is 16.5. The van der Waals surface area contributed by atoms with E-state index in [1.165, 1.54) is 36.5 Å². The number of nitrogens with one attached hydrogen (secondary N) is 2. The summed E-state index contributed by atoms with van der Waals surface area (Å²) >= 11 is 0. The second-order valence-electron chi connectivity index (χ2n) is 17.5. The van der Waals surface area contributed by atoms with E-state index in [2.05, 4.69) is 64.9 Å². The highest BCUT2D eigenvalue weighted by Crippen LogP contribution is 2.42. The van der Waals surface area contributed by atoms with Gasteiger partial charge in [0, 0.05) is 30.9 Å². The van der Waals surface area contributed by atoms with Gasteiger partial charge < -0.3 is 29.6 Å². The molecule has 4 aliphatic rings. The lowest BCUT2D eigenvalue weighted by atomic mass is 9.85. The molecule has 12 nitrogen and oxygen atoms in total. The molecule has 63 heavy (non-hydrogen) atoms. The van der Waals surface area contributed by atoms with Crippen molar-refractivity contribution in [3.8, 4) is 22.3 Å². The van der Waals surface area contributed by atoms with Gasteiger partial charge in [-0.05, 0) is 101 Å². The van der Waals surface area contributed by atoms with E-state index in [0.717, 1.165) is 95.5 Å². The van der Waals surface area contributed by atoms with Crippen molar-refractivity contribution in [1.82, 2.24) is 25.1 Å². The predicted octanol–water partition coefficient (Wildman–Crippen LogP) is 8.78. The van der Waals surface area contributed by atoms with Crippen molar-refractivity contribution >= 4 is 46.2 Å². The van der Waals surface area contributed by atoms with Gasteiger partial charge >= 0.3 is 12.1 Å². The molecule has 3 amide bonds. The van der Waals surface area contributed by atoms with Crippen molar-refractivity contribution in [2.24, 2.45) is 10.9 Å². The Kier molecular flexibility index (Phi) is 11.7. The van der Waals surface area contributed by atoms with Crippen molar-refractivity contribution in [1.29, 1.82) is 0 Å². The Morgan fingerprint density at radius 2 is 1.44 bits per heavy atom. The van der Waals surface area contributed by atoms with Crippen LogP contribution in [0.15, 0.2) is 102 Å². The van der Waals surface area contributed by atoms with Crippen LogP contribution >= 0.6 is 0 Å². The molecular weight excluding hydrogens is 793 g/mol. The van der Waals surface area contributed by atoms with E-state index in [-0.39, 0.29) is 36.2 Å². The van der Waals surface area contributed by atoms with Crippen LogP contribution in [0.4, 0.5) is 4.79 Å². The fourth-order valence-electron chi connectivity index (χ4n) is 10.0. The number of aryl methyl sites for hydroxylation is 1. The van der Waals surface area contributed by atoms with E-state index in [4.69, 9.17) is 19.5 Å². The molecule has 2 N–H and O–H groups in total. The highest BCUT2D eigenvalue weighted by molar-refractivity contribution is 6.05. The Morgan fingerprint density at radius 3 is 2.14 bits per heavy atom. The number of aliphatic imine (C=N–C) groups is 1. The first kappa shape index (κ1) is 41.8. The number of likely N-dealkylation sites (tertiary alicyclic amines) is 2. The van der Waals surface area contributed by atoms with Crippen molar-refractivity contribution in [2.45, 2.75) is 89.3 Å². The third-order valence-corrected chi connectivity index (χ3v) is 13.4. The number of alkyl carbamates (subject to hydrolysis) is 1. The molecule has 4 aromatic carbocycles. The Hall–Kier alpha value is -6.56. The molecule has 0 saturated carbocycles. The third kappa shape index (κ3) is 8.26. The van der Waals surface area contributed by atoms with Crippen LogP contribution in [0.1, 0.15) is 93.3 Å². The Balaban J connectivity index is 0.876. The summed E-state index contributed by atoms with van der Waals surface area (Å²) in [4.78, 5) is 69.7. The van der Waals surface area contributed by atoms with Gasteiger partial charge in [0.05, 0.1) is 49.7 Å². The number of H-pyrrole nitrogens is 1. The van der Waals surface area contributed by atoms with Crippen LogP contribution in [0.5, 0.6) is 0 Å². The van der Waals surface area contributed by atoms with Gasteiger partial charge in [0.2, 0.25) is 11.8 Å². The van der Waals surface area contributed by atoms with Crippen molar-refractivity contribution in [3.63, 3.8) is 0 Å². The molecule has 5 aromatic rings. The fourth-order valence-corrected chi connectivity index (χ4v) is 10.0. The molecule has 0 spiro atoms. The number of fused-ring (bicyclic) bond motifs is 3. The lowest BCUT2D eigenvalue weighted by Gasteiger charge is -2.29. The lowest BCUT2D eigenvalue weighted by Crippen LogP contribution is -2.51. The van der Waals surface area contributed by atoms with E-state index in [1.54, 1.807) is 0 Å². The maximum atomic E-state index is 14.2. The van der Waals surface area contributed by atoms with Gasteiger partial charge in [0.25, 0.3) is 0 Å². The van der Waals surface area contributed by atoms with Gasteiger partial charge in [-0.3, -0.25) is 19.4 Å². The molecule has 2 saturated heterocycles. The molecule has 9 rings (SSSR count). The molecule has 324 valence electrons. The molecule has 2 fully saturated rings. The van der Waals surface area contributed by atoms with E-state index < -0.39 is 24.0 Å². The number of hydrogen-bond donors (Lipinski definition) is 2. The van der Waals surface area contributed by atoms with Gasteiger partial charge in [-0.15, -0.1) is 0 Å². The first-order chi connectivity index (χ1) is 30.6. The number of allylic oxidation sites excluding steroid dienone is 2. The van der Waals surface area contributed by atoms with Gasteiger partial charge in [0.1, 0.15) is 11.9 Å². The van der Waals surface area contributed by atoms with Gasteiger partial charge in [-0.2, -0.15) is 0 Å². The van der Waals surface area contributed by atoms with E-state index in [9.17, 15) is 19.2 Å². The average Bonchev–Trinajstić information content (AvgIpc) is 4.15. The topological polar surface area (TPSA) is 146 Å². The number of esters is 1. The van der Waals surface area contributed by atoms with Crippen molar-refractivity contribution in [2.75, 3.05) is 27.3 Å². The minimum Gasteiger partial charge on any atom is -0.469 e. The molecule has 0 bridgehead atoms. The number of amides is 3. The maximum Gasteiger partial charge on any atom is 0.407 e. The minimum atomic E-state index is -0.687. The summed E-state index contributed by atoms with van der Waals surface area (Å²) in [5.41, 5.74) is 13.0. The van der Waals surface area contributed by atoms with Crippen LogP contribution in [0, 0.1) is 5.92 Å².